The zero-order valence-electron chi connectivity index (χ0n) is 13.4. The van der Waals surface area contributed by atoms with Crippen molar-refractivity contribution >= 4 is 0 Å². The quantitative estimate of drug-likeness (QED) is 0.781. The number of furan rings is 1. The van der Waals surface area contributed by atoms with Crippen molar-refractivity contribution in [3.63, 3.8) is 0 Å². The normalized spacial score (nSPS) is 15.2. The number of hydrogen-bond acceptors (Lipinski definition) is 3. The highest BCUT2D eigenvalue weighted by atomic mass is 16.3. The SMILES string of the molecule is CCC(C)(CNC(C)C)CN(C)Cc1ccoc1C. The van der Waals surface area contributed by atoms with E-state index in [9.17, 15) is 0 Å². The summed E-state index contributed by atoms with van der Waals surface area (Å²) in [5.41, 5.74) is 1.61. The molecule has 1 atom stereocenters. The minimum atomic E-state index is 0.316. The number of aryl methyl sites for hydroxylation is 1. The predicted molar refractivity (Wildman–Crippen MR) is 81.3 cm³/mol. The predicted octanol–water partition coefficient (Wildman–Crippen LogP) is 3.43. The second-order valence-corrected chi connectivity index (χ2v) is 6.37. The summed E-state index contributed by atoms with van der Waals surface area (Å²) in [7, 11) is 2.19. The molecule has 0 aliphatic carbocycles. The molecule has 1 aromatic rings. The zero-order valence-corrected chi connectivity index (χ0v) is 13.4. The fourth-order valence-electron chi connectivity index (χ4n) is 2.32. The van der Waals surface area contributed by atoms with Crippen molar-refractivity contribution in [1.82, 2.24) is 10.2 Å². The fourth-order valence-corrected chi connectivity index (χ4v) is 2.32. The molecule has 0 saturated carbocycles. The van der Waals surface area contributed by atoms with Crippen molar-refractivity contribution in [1.29, 1.82) is 0 Å². The highest BCUT2D eigenvalue weighted by Crippen LogP contribution is 2.23. The van der Waals surface area contributed by atoms with Crippen LogP contribution in [0.1, 0.15) is 45.4 Å². The van der Waals surface area contributed by atoms with Crippen molar-refractivity contribution in [2.24, 2.45) is 5.41 Å². The summed E-state index contributed by atoms with van der Waals surface area (Å²) in [5, 5.41) is 3.57. The first-order chi connectivity index (χ1) is 8.86. The van der Waals surface area contributed by atoms with E-state index in [0.717, 1.165) is 25.4 Å². The Balaban J connectivity index is 2.52. The minimum Gasteiger partial charge on any atom is -0.469 e. The molecule has 1 rings (SSSR count). The van der Waals surface area contributed by atoms with E-state index in [-0.39, 0.29) is 0 Å². The molecule has 0 aliphatic rings. The van der Waals surface area contributed by atoms with Crippen molar-refractivity contribution in [2.45, 2.75) is 53.6 Å². The van der Waals surface area contributed by atoms with Crippen LogP contribution in [0.15, 0.2) is 16.7 Å². The van der Waals surface area contributed by atoms with Gasteiger partial charge < -0.3 is 14.6 Å². The van der Waals surface area contributed by atoms with Gasteiger partial charge in [-0.25, -0.2) is 0 Å². The van der Waals surface area contributed by atoms with Crippen molar-refractivity contribution in [3.05, 3.63) is 23.7 Å². The molecule has 1 aromatic heterocycles. The van der Waals surface area contributed by atoms with Gasteiger partial charge >= 0.3 is 0 Å². The monoisotopic (exact) mass is 266 g/mol. The second kappa shape index (κ2) is 7.11. The molecule has 19 heavy (non-hydrogen) atoms. The number of nitrogens with one attached hydrogen (secondary N) is 1. The molecular weight excluding hydrogens is 236 g/mol. The smallest absolute Gasteiger partial charge is 0.105 e. The third-order valence-corrected chi connectivity index (χ3v) is 3.85. The van der Waals surface area contributed by atoms with Crippen molar-refractivity contribution in [3.8, 4) is 0 Å². The van der Waals surface area contributed by atoms with Gasteiger partial charge in [-0.2, -0.15) is 0 Å². The first-order valence-corrected chi connectivity index (χ1v) is 7.31. The van der Waals surface area contributed by atoms with Gasteiger partial charge in [-0.1, -0.05) is 27.7 Å². The van der Waals surface area contributed by atoms with Crippen LogP contribution in [-0.2, 0) is 6.54 Å². The molecule has 110 valence electrons. The highest BCUT2D eigenvalue weighted by Gasteiger charge is 2.24. The Morgan fingerprint density at radius 1 is 1.42 bits per heavy atom. The Morgan fingerprint density at radius 3 is 2.58 bits per heavy atom. The van der Waals surface area contributed by atoms with E-state index >= 15 is 0 Å². The van der Waals surface area contributed by atoms with Crippen LogP contribution in [0.3, 0.4) is 0 Å². The van der Waals surface area contributed by atoms with Crippen LogP contribution in [0.5, 0.6) is 0 Å². The van der Waals surface area contributed by atoms with Gasteiger partial charge in [-0.15, -0.1) is 0 Å². The maximum absolute atomic E-state index is 5.36. The summed E-state index contributed by atoms with van der Waals surface area (Å²) >= 11 is 0. The first-order valence-electron chi connectivity index (χ1n) is 7.31. The summed E-state index contributed by atoms with van der Waals surface area (Å²) in [6.07, 6.45) is 2.96. The molecular formula is C16H30N2O. The maximum Gasteiger partial charge on any atom is 0.105 e. The molecule has 0 aliphatic heterocycles. The average Bonchev–Trinajstić information content (AvgIpc) is 2.72. The van der Waals surface area contributed by atoms with Crippen molar-refractivity contribution in [2.75, 3.05) is 20.1 Å². The molecule has 0 fully saturated rings. The van der Waals surface area contributed by atoms with Gasteiger partial charge in [0.25, 0.3) is 0 Å². The molecule has 0 radical (unpaired) electrons. The van der Waals surface area contributed by atoms with E-state index in [4.69, 9.17) is 4.42 Å². The summed E-state index contributed by atoms with van der Waals surface area (Å²) in [4.78, 5) is 2.39. The van der Waals surface area contributed by atoms with E-state index in [1.54, 1.807) is 6.26 Å². The lowest BCUT2D eigenvalue weighted by Crippen LogP contribution is -2.42. The van der Waals surface area contributed by atoms with E-state index in [1.165, 1.54) is 12.0 Å². The zero-order chi connectivity index (χ0) is 14.5. The Morgan fingerprint density at radius 2 is 2.11 bits per heavy atom. The fraction of sp³-hybridized carbons (Fsp3) is 0.750. The van der Waals surface area contributed by atoms with Gasteiger partial charge in [0.1, 0.15) is 5.76 Å². The lowest BCUT2D eigenvalue weighted by Gasteiger charge is -2.34. The lowest BCUT2D eigenvalue weighted by atomic mass is 9.86. The molecule has 1 heterocycles. The topological polar surface area (TPSA) is 28.4 Å². The van der Waals surface area contributed by atoms with Crippen LogP contribution in [0.25, 0.3) is 0 Å². The van der Waals surface area contributed by atoms with Crippen LogP contribution in [0.4, 0.5) is 0 Å². The first kappa shape index (κ1) is 16.3. The maximum atomic E-state index is 5.36. The van der Waals surface area contributed by atoms with Gasteiger partial charge in [0.2, 0.25) is 0 Å². The summed E-state index contributed by atoms with van der Waals surface area (Å²) in [6, 6.07) is 2.62. The standard InChI is InChI=1S/C16H30N2O/c1-7-16(5,11-17-13(2)3)12-18(6)10-15-8-9-19-14(15)4/h8-9,13,17H,7,10-12H2,1-6H3. The Hall–Kier alpha value is -0.800. The Bertz CT molecular complexity index is 373. The van der Waals surface area contributed by atoms with Crippen LogP contribution in [0, 0.1) is 12.3 Å². The van der Waals surface area contributed by atoms with Crippen LogP contribution < -0.4 is 5.32 Å². The largest absolute Gasteiger partial charge is 0.469 e. The second-order valence-electron chi connectivity index (χ2n) is 6.37. The van der Waals surface area contributed by atoms with E-state index in [0.29, 0.717) is 11.5 Å². The molecule has 1 N–H and O–H groups in total. The average molecular weight is 266 g/mol. The Kier molecular flexibility index (Phi) is 6.08. The van der Waals surface area contributed by atoms with E-state index in [1.807, 2.05) is 6.92 Å². The van der Waals surface area contributed by atoms with Crippen LogP contribution in [-0.4, -0.2) is 31.1 Å². The minimum absolute atomic E-state index is 0.316. The molecule has 1 unspecified atom stereocenters. The van der Waals surface area contributed by atoms with Gasteiger partial charge in [0.15, 0.2) is 0 Å². The third-order valence-electron chi connectivity index (χ3n) is 3.85. The van der Waals surface area contributed by atoms with Crippen LogP contribution in [0.2, 0.25) is 0 Å². The molecule has 0 saturated heterocycles. The molecule has 3 nitrogen and oxygen atoms in total. The number of rotatable bonds is 8. The molecule has 0 amide bonds. The van der Waals surface area contributed by atoms with Gasteiger partial charge in [-0.05, 0) is 31.9 Å². The van der Waals surface area contributed by atoms with E-state index < -0.39 is 0 Å². The molecule has 3 heteroatoms. The van der Waals surface area contributed by atoms with Gasteiger partial charge in [-0.3, -0.25) is 0 Å². The molecule has 0 spiro atoms. The van der Waals surface area contributed by atoms with E-state index in [2.05, 4.69) is 51.0 Å². The number of hydrogen-bond donors (Lipinski definition) is 1. The highest BCUT2D eigenvalue weighted by molar-refractivity contribution is 5.15. The summed E-state index contributed by atoms with van der Waals surface area (Å²) in [6.45, 7) is 14.2. The Labute approximate surface area is 118 Å². The third kappa shape index (κ3) is 5.37. The lowest BCUT2D eigenvalue weighted by molar-refractivity contribution is 0.171. The van der Waals surface area contributed by atoms with Gasteiger partial charge in [0, 0.05) is 31.2 Å². The molecule has 0 aromatic carbocycles. The summed E-state index contributed by atoms with van der Waals surface area (Å²) in [5.74, 6) is 1.03. The van der Waals surface area contributed by atoms with Gasteiger partial charge in [0.05, 0.1) is 6.26 Å². The molecule has 0 bridgehead atoms. The van der Waals surface area contributed by atoms with Crippen molar-refractivity contribution < 1.29 is 4.42 Å². The van der Waals surface area contributed by atoms with Crippen LogP contribution >= 0.6 is 0 Å². The number of nitrogens with zero attached hydrogens (tertiary/aromatic N) is 1. The summed E-state index contributed by atoms with van der Waals surface area (Å²) < 4.78 is 5.36.